The Hall–Kier alpha value is -3.06. The average molecular weight is 412 g/mol. The van der Waals surface area contributed by atoms with Crippen LogP contribution in [0.1, 0.15) is 17.5 Å². The normalized spacial score (nSPS) is 13.1. The quantitative estimate of drug-likeness (QED) is 0.723. The van der Waals surface area contributed by atoms with Crippen LogP contribution in [0.5, 0.6) is 11.5 Å². The summed E-state index contributed by atoms with van der Waals surface area (Å²) in [6, 6.07) is 11.2. The van der Waals surface area contributed by atoms with Crippen LogP contribution in [0.25, 0.3) is 0 Å². The summed E-state index contributed by atoms with van der Waals surface area (Å²) in [6.07, 6.45) is 0.846. The number of carbonyl (C=O) groups is 2. The highest BCUT2D eigenvalue weighted by atomic mass is 16.5. The van der Waals surface area contributed by atoms with Gasteiger partial charge < -0.3 is 24.6 Å². The SMILES string of the molecule is Cc1cccc(C)c1OCC(=O)Nc1ccc2c(c1)N(CCCN(C)C)C(=O)CO2. The molecule has 0 aromatic heterocycles. The van der Waals surface area contributed by atoms with Gasteiger partial charge in [-0.25, -0.2) is 0 Å². The molecule has 30 heavy (non-hydrogen) atoms. The molecule has 1 aliphatic heterocycles. The van der Waals surface area contributed by atoms with Gasteiger partial charge in [0, 0.05) is 12.2 Å². The van der Waals surface area contributed by atoms with Crippen molar-refractivity contribution in [3.63, 3.8) is 0 Å². The number of benzene rings is 2. The molecule has 2 amide bonds. The van der Waals surface area contributed by atoms with Crippen LogP contribution in [-0.4, -0.2) is 57.1 Å². The van der Waals surface area contributed by atoms with E-state index in [1.54, 1.807) is 23.1 Å². The summed E-state index contributed by atoms with van der Waals surface area (Å²) in [5, 5.41) is 2.85. The average Bonchev–Trinajstić information content (AvgIpc) is 2.69. The smallest absolute Gasteiger partial charge is 0.265 e. The number of fused-ring (bicyclic) bond motifs is 1. The van der Waals surface area contributed by atoms with Crippen molar-refractivity contribution in [3.8, 4) is 11.5 Å². The van der Waals surface area contributed by atoms with Crippen LogP contribution in [0.4, 0.5) is 11.4 Å². The van der Waals surface area contributed by atoms with E-state index in [0.717, 1.165) is 29.8 Å². The minimum Gasteiger partial charge on any atom is -0.483 e. The second kappa shape index (κ2) is 9.63. The van der Waals surface area contributed by atoms with Gasteiger partial charge in [0.15, 0.2) is 13.2 Å². The van der Waals surface area contributed by atoms with Gasteiger partial charge in [0.05, 0.1) is 5.69 Å². The number of carbonyl (C=O) groups excluding carboxylic acids is 2. The van der Waals surface area contributed by atoms with Gasteiger partial charge in [-0.3, -0.25) is 9.59 Å². The van der Waals surface area contributed by atoms with Gasteiger partial charge in [0.1, 0.15) is 11.5 Å². The first-order valence-electron chi connectivity index (χ1n) is 10.1. The Balaban J connectivity index is 1.66. The molecular weight excluding hydrogens is 382 g/mol. The van der Waals surface area contributed by atoms with Gasteiger partial charge in [0.25, 0.3) is 11.8 Å². The lowest BCUT2D eigenvalue weighted by Gasteiger charge is -2.30. The summed E-state index contributed by atoms with van der Waals surface area (Å²) in [5.41, 5.74) is 3.25. The van der Waals surface area contributed by atoms with E-state index >= 15 is 0 Å². The molecule has 2 aromatic rings. The summed E-state index contributed by atoms with van der Waals surface area (Å²) in [7, 11) is 4.01. The Labute approximate surface area is 177 Å². The van der Waals surface area contributed by atoms with Crippen molar-refractivity contribution in [1.82, 2.24) is 4.90 Å². The zero-order chi connectivity index (χ0) is 21.7. The molecule has 0 saturated heterocycles. The zero-order valence-electron chi connectivity index (χ0n) is 18.0. The summed E-state index contributed by atoms with van der Waals surface area (Å²) in [6.45, 7) is 5.32. The number of nitrogens with one attached hydrogen (secondary N) is 1. The van der Waals surface area contributed by atoms with Gasteiger partial charge in [-0.2, -0.15) is 0 Å². The largest absolute Gasteiger partial charge is 0.483 e. The lowest BCUT2D eigenvalue weighted by atomic mass is 10.1. The maximum atomic E-state index is 12.4. The van der Waals surface area contributed by atoms with Crippen molar-refractivity contribution >= 4 is 23.2 Å². The highest BCUT2D eigenvalue weighted by Gasteiger charge is 2.25. The topological polar surface area (TPSA) is 71.1 Å². The highest BCUT2D eigenvalue weighted by Crippen LogP contribution is 2.34. The molecule has 1 aliphatic rings. The van der Waals surface area contributed by atoms with Gasteiger partial charge in [-0.15, -0.1) is 0 Å². The summed E-state index contributed by atoms with van der Waals surface area (Å²) in [4.78, 5) is 28.6. The molecule has 3 rings (SSSR count). The molecule has 0 saturated carbocycles. The number of hydrogen-bond donors (Lipinski definition) is 1. The second-order valence-corrected chi connectivity index (χ2v) is 7.73. The summed E-state index contributed by atoms with van der Waals surface area (Å²) >= 11 is 0. The fourth-order valence-corrected chi connectivity index (χ4v) is 3.43. The van der Waals surface area contributed by atoms with Crippen LogP contribution < -0.4 is 19.7 Å². The lowest BCUT2D eigenvalue weighted by molar-refractivity contribution is -0.121. The van der Waals surface area contributed by atoms with Gasteiger partial charge in [0.2, 0.25) is 0 Å². The molecule has 0 atom stereocenters. The third-order valence-electron chi connectivity index (χ3n) is 4.93. The number of rotatable bonds is 8. The molecular formula is C23H29N3O4. The maximum absolute atomic E-state index is 12.4. The minimum atomic E-state index is -0.264. The highest BCUT2D eigenvalue weighted by molar-refractivity contribution is 5.99. The molecule has 0 fully saturated rings. The Morgan fingerprint density at radius 3 is 2.63 bits per heavy atom. The number of aryl methyl sites for hydroxylation is 2. The van der Waals surface area contributed by atoms with Gasteiger partial charge in [-0.1, -0.05) is 18.2 Å². The van der Waals surface area contributed by atoms with Crippen molar-refractivity contribution in [3.05, 3.63) is 47.5 Å². The number of ether oxygens (including phenoxy) is 2. The van der Waals surface area contributed by atoms with E-state index in [-0.39, 0.29) is 25.0 Å². The minimum absolute atomic E-state index is 0.0320. The Kier molecular flexibility index (Phi) is 6.95. The molecule has 1 heterocycles. The van der Waals surface area contributed by atoms with E-state index in [1.807, 2.05) is 46.1 Å². The predicted octanol–water partition coefficient (Wildman–Crippen LogP) is 3.00. The van der Waals surface area contributed by atoms with E-state index in [1.165, 1.54) is 0 Å². The van der Waals surface area contributed by atoms with E-state index in [0.29, 0.717) is 23.7 Å². The van der Waals surface area contributed by atoms with Gasteiger partial charge in [-0.05, 0) is 70.2 Å². The van der Waals surface area contributed by atoms with Crippen LogP contribution in [0.3, 0.4) is 0 Å². The summed E-state index contributed by atoms with van der Waals surface area (Å²) in [5.74, 6) is 1.02. The number of anilines is 2. The van der Waals surface area contributed by atoms with E-state index in [2.05, 4.69) is 10.2 Å². The zero-order valence-corrected chi connectivity index (χ0v) is 18.0. The monoisotopic (exact) mass is 411 g/mol. The Morgan fingerprint density at radius 2 is 1.93 bits per heavy atom. The number of nitrogens with zero attached hydrogens (tertiary/aromatic N) is 2. The van der Waals surface area contributed by atoms with Crippen molar-refractivity contribution < 1.29 is 19.1 Å². The van der Waals surface area contributed by atoms with Crippen LogP contribution in [0.15, 0.2) is 36.4 Å². The van der Waals surface area contributed by atoms with Crippen molar-refractivity contribution in [2.75, 3.05) is 50.6 Å². The molecule has 2 aromatic carbocycles. The molecule has 7 nitrogen and oxygen atoms in total. The predicted molar refractivity (Wildman–Crippen MR) is 118 cm³/mol. The second-order valence-electron chi connectivity index (χ2n) is 7.73. The molecule has 0 bridgehead atoms. The standard InChI is InChI=1S/C23H29N3O4/c1-16-7-5-8-17(2)23(16)30-14-21(27)24-18-9-10-20-19(13-18)26(22(28)15-29-20)12-6-11-25(3)4/h5,7-10,13H,6,11-12,14-15H2,1-4H3,(H,24,27). The van der Waals surface area contributed by atoms with Crippen molar-refractivity contribution in [2.45, 2.75) is 20.3 Å². The van der Waals surface area contributed by atoms with Crippen LogP contribution in [0, 0.1) is 13.8 Å². The van der Waals surface area contributed by atoms with Crippen LogP contribution in [-0.2, 0) is 9.59 Å². The first-order chi connectivity index (χ1) is 14.3. The lowest BCUT2D eigenvalue weighted by Crippen LogP contribution is -2.40. The third-order valence-corrected chi connectivity index (χ3v) is 4.93. The fraction of sp³-hybridized carbons (Fsp3) is 0.391. The van der Waals surface area contributed by atoms with Crippen LogP contribution >= 0.6 is 0 Å². The van der Waals surface area contributed by atoms with Gasteiger partial charge >= 0.3 is 0 Å². The van der Waals surface area contributed by atoms with E-state index in [4.69, 9.17) is 9.47 Å². The van der Waals surface area contributed by atoms with Crippen LogP contribution in [0.2, 0.25) is 0 Å². The first-order valence-corrected chi connectivity index (χ1v) is 10.1. The molecule has 0 spiro atoms. The molecule has 160 valence electrons. The van der Waals surface area contributed by atoms with Crippen molar-refractivity contribution in [2.24, 2.45) is 0 Å². The number of para-hydroxylation sites is 1. The van der Waals surface area contributed by atoms with Crippen molar-refractivity contribution in [1.29, 1.82) is 0 Å². The molecule has 0 unspecified atom stereocenters. The van der Waals surface area contributed by atoms with E-state index < -0.39 is 0 Å². The molecule has 0 radical (unpaired) electrons. The fourth-order valence-electron chi connectivity index (χ4n) is 3.43. The Bertz CT molecular complexity index is 906. The molecule has 0 aliphatic carbocycles. The molecule has 1 N–H and O–H groups in total. The first kappa shape index (κ1) is 21.6. The number of hydrogen-bond acceptors (Lipinski definition) is 5. The maximum Gasteiger partial charge on any atom is 0.265 e. The molecule has 7 heteroatoms. The van der Waals surface area contributed by atoms with E-state index in [9.17, 15) is 9.59 Å². The summed E-state index contributed by atoms with van der Waals surface area (Å²) < 4.78 is 11.3. The number of amides is 2. The third kappa shape index (κ3) is 5.30. The Morgan fingerprint density at radius 1 is 1.20 bits per heavy atom.